The lowest BCUT2D eigenvalue weighted by Crippen LogP contribution is -2.24. The van der Waals surface area contributed by atoms with Crippen molar-refractivity contribution < 1.29 is 13.2 Å². The molecule has 0 saturated carbocycles. The van der Waals surface area contributed by atoms with Gasteiger partial charge in [0.2, 0.25) is 0 Å². The van der Waals surface area contributed by atoms with Crippen molar-refractivity contribution in [1.29, 1.82) is 0 Å². The molecule has 0 heterocycles. The third-order valence-electron chi connectivity index (χ3n) is 2.28. The molecule has 4 heteroatoms. The molecule has 0 saturated heterocycles. The summed E-state index contributed by atoms with van der Waals surface area (Å²) in [5, 5.41) is 2.74. The van der Waals surface area contributed by atoms with E-state index >= 15 is 0 Å². The molecule has 1 nitrogen and oxygen atoms in total. The second kappa shape index (κ2) is 5.16. The minimum atomic E-state index is -4.17. The van der Waals surface area contributed by atoms with Gasteiger partial charge in [-0.25, -0.2) is 0 Å². The number of nitrogens with one attached hydrogen (secondary N) is 1. The second-order valence-electron chi connectivity index (χ2n) is 3.40. The van der Waals surface area contributed by atoms with E-state index in [0.717, 1.165) is 0 Å². The number of rotatable bonds is 4. The summed E-state index contributed by atoms with van der Waals surface area (Å²) in [4.78, 5) is 0. The summed E-state index contributed by atoms with van der Waals surface area (Å²) in [7, 11) is 1.65. The molecule has 0 fully saturated rings. The molecule has 0 aromatic heterocycles. The van der Waals surface area contributed by atoms with E-state index in [2.05, 4.69) is 5.32 Å². The van der Waals surface area contributed by atoms with Gasteiger partial charge in [0.1, 0.15) is 0 Å². The summed E-state index contributed by atoms with van der Waals surface area (Å²) in [5.74, 6) is -1.37. The molecule has 0 amide bonds. The maximum absolute atomic E-state index is 12.7. The topological polar surface area (TPSA) is 12.0 Å². The molecule has 1 aromatic rings. The van der Waals surface area contributed by atoms with E-state index in [1.165, 1.54) is 12.1 Å². The number of halogens is 3. The zero-order valence-corrected chi connectivity index (χ0v) is 8.51. The Labute approximate surface area is 87.3 Å². The lowest BCUT2D eigenvalue weighted by Gasteiger charge is -2.20. The zero-order chi connectivity index (χ0) is 11.3. The molecule has 15 heavy (non-hydrogen) atoms. The summed E-state index contributed by atoms with van der Waals surface area (Å²) >= 11 is 0. The van der Waals surface area contributed by atoms with E-state index in [-0.39, 0.29) is 6.42 Å². The standard InChI is InChI=1S/C11H14F3N/c1-15-8-7-10(11(12,13)14)9-5-3-2-4-6-9/h2-6,10,15H,7-8H2,1H3. The Kier molecular flexibility index (Phi) is 4.15. The average molecular weight is 217 g/mol. The highest BCUT2D eigenvalue weighted by molar-refractivity contribution is 5.21. The van der Waals surface area contributed by atoms with Crippen molar-refractivity contribution in [3.63, 3.8) is 0 Å². The molecule has 0 spiro atoms. The predicted molar refractivity (Wildman–Crippen MR) is 53.8 cm³/mol. The SMILES string of the molecule is CNCCC(c1ccccc1)C(F)(F)F. The van der Waals surface area contributed by atoms with Crippen molar-refractivity contribution in [3.8, 4) is 0 Å². The van der Waals surface area contributed by atoms with Gasteiger partial charge in [-0.2, -0.15) is 13.2 Å². The molecular weight excluding hydrogens is 203 g/mol. The fourth-order valence-corrected chi connectivity index (χ4v) is 1.49. The summed E-state index contributed by atoms with van der Waals surface area (Å²) in [6.07, 6.45) is -4.10. The Morgan fingerprint density at radius 3 is 2.27 bits per heavy atom. The van der Waals surface area contributed by atoms with Gasteiger partial charge < -0.3 is 5.32 Å². The van der Waals surface area contributed by atoms with E-state index in [1.54, 1.807) is 25.2 Å². The van der Waals surface area contributed by atoms with Gasteiger partial charge in [0.25, 0.3) is 0 Å². The van der Waals surface area contributed by atoms with Crippen molar-refractivity contribution in [2.75, 3.05) is 13.6 Å². The molecule has 1 unspecified atom stereocenters. The van der Waals surface area contributed by atoms with Gasteiger partial charge in [-0.15, -0.1) is 0 Å². The van der Waals surface area contributed by atoms with Crippen LogP contribution in [-0.2, 0) is 0 Å². The fraction of sp³-hybridized carbons (Fsp3) is 0.455. The van der Waals surface area contributed by atoms with Crippen molar-refractivity contribution >= 4 is 0 Å². The number of alkyl halides is 3. The predicted octanol–water partition coefficient (Wildman–Crippen LogP) is 2.94. The first kappa shape index (κ1) is 12.0. The largest absolute Gasteiger partial charge is 0.395 e. The molecular formula is C11H14F3N. The minimum Gasteiger partial charge on any atom is -0.320 e. The van der Waals surface area contributed by atoms with Gasteiger partial charge in [-0.05, 0) is 25.6 Å². The average Bonchev–Trinajstić information content (AvgIpc) is 2.18. The highest BCUT2D eigenvalue weighted by Crippen LogP contribution is 2.36. The Morgan fingerprint density at radius 1 is 1.20 bits per heavy atom. The zero-order valence-electron chi connectivity index (χ0n) is 8.51. The van der Waals surface area contributed by atoms with Crippen molar-refractivity contribution in [1.82, 2.24) is 5.32 Å². The van der Waals surface area contributed by atoms with Crippen LogP contribution in [0.25, 0.3) is 0 Å². The van der Waals surface area contributed by atoms with Crippen LogP contribution in [0.1, 0.15) is 17.9 Å². The summed E-state index contributed by atoms with van der Waals surface area (Å²) in [6, 6.07) is 8.03. The van der Waals surface area contributed by atoms with Gasteiger partial charge in [0.05, 0.1) is 5.92 Å². The molecule has 1 N–H and O–H groups in total. The van der Waals surface area contributed by atoms with Crippen LogP contribution in [0.3, 0.4) is 0 Å². The van der Waals surface area contributed by atoms with Crippen LogP contribution in [0.2, 0.25) is 0 Å². The third-order valence-corrected chi connectivity index (χ3v) is 2.28. The number of hydrogen-bond acceptors (Lipinski definition) is 1. The molecule has 0 aliphatic rings. The van der Waals surface area contributed by atoms with Gasteiger partial charge in [0.15, 0.2) is 0 Å². The van der Waals surface area contributed by atoms with Crippen molar-refractivity contribution in [3.05, 3.63) is 35.9 Å². The molecule has 1 atom stereocenters. The van der Waals surface area contributed by atoms with Gasteiger partial charge in [-0.1, -0.05) is 30.3 Å². The minimum absolute atomic E-state index is 0.0734. The van der Waals surface area contributed by atoms with Crippen LogP contribution in [-0.4, -0.2) is 19.8 Å². The van der Waals surface area contributed by atoms with E-state index < -0.39 is 12.1 Å². The van der Waals surface area contributed by atoms with Crippen LogP contribution in [0, 0.1) is 0 Å². The van der Waals surface area contributed by atoms with E-state index in [9.17, 15) is 13.2 Å². The highest BCUT2D eigenvalue weighted by Gasteiger charge is 2.39. The van der Waals surface area contributed by atoms with E-state index in [1.807, 2.05) is 0 Å². The second-order valence-corrected chi connectivity index (χ2v) is 3.40. The number of hydrogen-bond donors (Lipinski definition) is 1. The van der Waals surface area contributed by atoms with Crippen LogP contribution >= 0.6 is 0 Å². The van der Waals surface area contributed by atoms with Crippen LogP contribution < -0.4 is 5.32 Å². The van der Waals surface area contributed by atoms with Crippen LogP contribution in [0.4, 0.5) is 13.2 Å². The molecule has 0 radical (unpaired) electrons. The fourth-order valence-electron chi connectivity index (χ4n) is 1.49. The van der Waals surface area contributed by atoms with Gasteiger partial charge in [-0.3, -0.25) is 0 Å². The summed E-state index contributed by atoms with van der Waals surface area (Å²) in [6.45, 7) is 0.360. The first-order valence-electron chi connectivity index (χ1n) is 4.82. The summed E-state index contributed by atoms with van der Waals surface area (Å²) < 4.78 is 38.1. The van der Waals surface area contributed by atoms with Crippen LogP contribution in [0.15, 0.2) is 30.3 Å². The molecule has 0 aliphatic heterocycles. The maximum Gasteiger partial charge on any atom is 0.395 e. The first-order chi connectivity index (χ1) is 7.05. The highest BCUT2D eigenvalue weighted by atomic mass is 19.4. The summed E-state index contributed by atoms with van der Waals surface area (Å²) in [5.41, 5.74) is 0.334. The monoisotopic (exact) mass is 217 g/mol. The van der Waals surface area contributed by atoms with Gasteiger partial charge >= 0.3 is 6.18 Å². The molecule has 1 rings (SSSR count). The molecule has 0 aliphatic carbocycles. The Balaban J connectivity index is 2.82. The van der Waals surface area contributed by atoms with Crippen LogP contribution in [0.5, 0.6) is 0 Å². The Morgan fingerprint density at radius 2 is 1.80 bits per heavy atom. The number of benzene rings is 1. The van der Waals surface area contributed by atoms with Crippen molar-refractivity contribution in [2.24, 2.45) is 0 Å². The third kappa shape index (κ3) is 3.55. The maximum atomic E-state index is 12.7. The first-order valence-corrected chi connectivity index (χ1v) is 4.82. The lowest BCUT2D eigenvalue weighted by atomic mass is 9.95. The normalized spacial score (nSPS) is 13.9. The smallest absolute Gasteiger partial charge is 0.320 e. The molecule has 84 valence electrons. The molecule has 0 bridgehead atoms. The Hall–Kier alpha value is -1.03. The van der Waals surface area contributed by atoms with E-state index in [4.69, 9.17) is 0 Å². The van der Waals surface area contributed by atoms with Crippen molar-refractivity contribution in [2.45, 2.75) is 18.5 Å². The Bertz CT molecular complexity index is 282. The van der Waals surface area contributed by atoms with Gasteiger partial charge in [0, 0.05) is 0 Å². The lowest BCUT2D eigenvalue weighted by molar-refractivity contribution is -0.151. The quantitative estimate of drug-likeness (QED) is 0.817. The molecule has 1 aromatic carbocycles. The van der Waals surface area contributed by atoms with E-state index in [0.29, 0.717) is 12.1 Å².